The SMILES string of the molecule is CC/C=C\C/C=C\C/C=C\C/C=C\C/C=C\CCCCCC(=O)OC(CCCCCCCCCCCCCC)CC(=O)NC(CO)C(O)CCCCCCCCCCCCCCCCCC. The first kappa shape index (κ1) is 63.6. The van der Waals surface area contributed by atoms with Crippen LogP contribution in [0.4, 0.5) is 0 Å². The minimum atomic E-state index is -0.794. The van der Waals surface area contributed by atoms with Crippen molar-refractivity contribution < 1.29 is 24.5 Å². The van der Waals surface area contributed by atoms with Gasteiger partial charge in [0.1, 0.15) is 6.10 Å². The van der Waals surface area contributed by atoms with Crippen molar-refractivity contribution in [2.24, 2.45) is 0 Å². The molecule has 0 aliphatic rings. The Hall–Kier alpha value is -2.44. The minimum Gasteiger partial charge on any atom is -0.462 e. The smallest absolute Gasteiger partial charge is 0.306 e. The van der Waals surface area contributed by atoms with Gasteiger partial charge in [0, 0.05) is 6.42 Å². The molecule has 0 aliphatic heterocycles. The number of nitrogens with one attached hydrogen (secondary N) is 1. The zero-order valence-corrected chi connectivity index (χ0v) is 43.8. The van der Waals surface area contributed by atoms with Crippen LogP contribution in [0.2, 0.25) is 0 Å². The fraction of sp³-hybridized carbons (Fsp3) is 0.800. The second-order valence-corrected chi connectivity index (χ2v) is 19.3. The van der Waals surface area contributed by atoms with E-state index in [-0.39, 0.29) is 24.9 Å². The van der Waals surface area contributed by atoms with E-state index in [2.05, 4.69) is 86.8 Å². The molecule has 0 fully saturated rings. The molecule has 0 aromatic rings. The first-order valence-corrected chi connectivity index (χ1v) is 28.5. The van der Waals surface area contributed by atoms with Crippen molar-refractivity contribution in [1.82, 2.24) is 5.32 Å². The summed E-state index contributed by atoms with van der Waals surface area (Å²) in [5, 5.41) is 23.9. The Labute approximate surface area is 409 Å². The van der Waals surface area contributed by atoms with Gasteiger partial charge < -0.3 is 20.3 Å². The quantitative estimate of drug-likeness (QED) is 0.0321. The fourth-order valence-corrected chi connectivity index (χ4v) is 8.58. The summed E-state index contributed by atoms with van der Waals surface area (Å²) in [5.41, 5.74) is 0. The Balaban J connectivity index is 4.55. The summed E-state index contributed by atoms with van der Waals surface area (Å²) in [6.45, 7) is 6.39. The van der Waals surface area contributed by atoms with Gasteiger partial charge in [0.2, 0.25) is 5.91 Å². The van der Waals surface area contributed by atoms with Crippen LogP contribution in [0.1, 0.15) is 284 Å². The Kier molecular flexibility index (Phi) is 51.5. The molecular weight excluding hydrogens is 815 g/mol. The maximum absolute atomic E-state index is 13.3. The van der Waals surface area contributed by atoms with E-state index in [9.17, 15) is 19.8 Å². The summed E-state index contributed by atoms with van der Waals surface area (Å²) in [6, 6.07) is -0.709. The third kappa shape index (κ3) is 48.0. The molecule has 0 spiro atoms. The van der Waals surface area contributed by atoms with Crippen molar-refractivity contribution in [3.8, 4) is 0 Å². The zero-order chi connectivity index (χ0) is 48.1. The van der Waals surface area contributed by atoms with Gasteiger partial charge in [-0.05, 0) is 70.6 Å². The fourth-order valence-electron chi connectivity index (χ4n) is 8.58. The van der Waals surface area contributed by atoms with E-state index in [1.807, 2.05) is 0 Å². The van der Waals surface area contributed by atoms with E-state index < -0.39 is 18.2 Å². The molecule has 6 nitrogen and oxygen atoms in total. The average Bonchev–Trinajstić information content (AvgIpc) is 3.31. The summed E-state index contributed by atoms with van der Waals surface area (Å²) < 4.78 is 5.94. The largest absolute Gasteiger partial charge is 0.462 e. The molecule has 0 radical (unpaired) electrons. The molecule has 0 bridgehead atoms. The molecule has 3 unspecified atom stereocenters. The summed E-state index contributed by atoms with van der Waals surface area (Å²) in [6.07, 6.45) is 67.1. The molecule has 0 aliphatic carbocycles. The first-order chi connectivity index (χ1) is 32.5. The third-order valence-electron chi connectivity index (χ3n) is 12.9. The third-order valence-corrected chi connectivity index (χ3v) is 12.9. The predicted octanol–water partition coefficient (Wildman–Crippen LogP) is 17.6. The number of rotatable bonds is 51. The molecule has 6 heteroatoms. The lowest BCUT2D eigenvalue weighted by Gasteiger charge is -2.24. The number of allylic oxidation sites excluding steroid dienone is 10. The number of amides is 1. The van der Waals surface area contributed by atoms with Crippen molar-refractivity contribution in [2.45, 2.75) is 302 Å². The highest BCUT2D eigenvalue weighted by atomic mass is 16.5. The van der Waals surface area contributed by atoms with E-state index >= 15 is 0 Å². The molecule has 0 heterocycles. The maximum Gasteiger partial charge on any atom is 0.306 e. The van der Waals surface area contributed by atoms with Crippen molar-refractivity contribution in [2.75, 3.05) is 6.61 Å². The lowest BCUT2D eigenvalue weighted by molar-refractivity contribution is -0.151. The molecule has 0 rings (SSSR count). The van der Waals surface area contributed by atoms with Crippen molar-refractivity contribution in [1.29, 1.82) is 0 Å². The van der Waals surface area contributed by atoms with Gasteiger partial charge in [-0.15, -0.1) is 0 Å². The van der Waals surface area contributed by atoms with Crippen LogP contribution in [0.15, 0.2) is 60.8 Å². The van der Waals surface area contributed by atoms with Gasteiger partial charge in [0.05, 0.1) is 25.2 Å². The van der Waals surface area contributed by atoms with Crippen LogP contribution >= 0.6 is 0 Å². The number of carbonyl (C=O) groups excluding carboxylic acids is 2. The van der Waals surface area contributed by atoms with Gasteiger partial charge in [-0.25, -0.2) is 0 Å². The van der Waals surface area contributed by atoms with E-state index in [1.54, 1.807) is 0 Å². The second-order valence-electron chi connectivity index (χ2n) is 19.3. The highest BCUT2D eigenvalue weighted by Gasteiger charge is 2.24. The standard InChI is InChI=1S/C60H109NO5/c1-4-7-10-13-16-19-22-25-27-29-30-31-33-35-38-41-44-47-50-53-60(65)66-56(51-48-45-42-39-36-24-21-18-15-12-9-6-3)54-59(64)61-57(55-62)58(63)52-49-46-43-40-37-34-32-28-26-23-20-17-14-11-8-5-2/h7,10,16,19,25,27,30-31,35,38,56-58,62-63H,4-6,8-9,11-15,17-18,20-24,26,28-29,32-34,36-37,39-55H2,1-3H3,(H,61,64)/b10-7-,19-16-,27-25-,31-30-,38-35-. The van der Waals surface area contributed by atoms with Crippen LogP contribution in [0, 0.1) is 0 Å². The van der Waals surface area contributed by atoms with E-state index in [0.29, 0.717) is 19.3 Å². The average molecular weight is 925 g/mol. The van der Waals surface area contributed by atoms with Gasteiger partial charge in [0.25, 0.3) is 0 Å². The zero-order valence-electron chi connectivity index (χ0n) is 43.8. The first-order valence-electron chi connectivity index (χ1n) is 28.5. The van der Waals surface area contributed by atoms with Crippen LogP contribution in [-0.4, -0.2) is 46.9 Å². The van der Waals surface area contributed by atoms with Crippen LogP contribution in [-0.2, 0) is 14.3 Å². The monoisotopic (exact) mass is 924 g/mol. The summed E-state index contributed by atoms with van der Waals surface area (Å²) in [7, 11) is 0. The number of carbonyl (C=O) groups is 2. The summed E-state index contributed by atoms with van der Waals surface area (Å²) in [4.78, 5) is 26.2. The molecule has 0 saturated carbocycles. The highest BCUT2D eigenvalue weighted by Crippen LogP contribution is 2.18. The molecule has 1 amide bonds. The summed E-state index contributed by atoms with van der Waals surface area (Å²) in [5.74, 6) is -0.502. The predicted molar refractivity (Wildman–Crippen MR) is 287 cm³/mol. The van der Waals surface area contributed by atoms with E-state index in [0.717, 1.165) is 89.9 Å². The normalized spacial score (nSPS) is 13.6. The number of unbranched alkanes of at least 4 members (excludes halogenated alkanes) is 29. The summed E-state index contributed by atoms with van der Waals surface area (Å²) >= 11 is 0. The van der Waals surface area contributed by atoms with Gasteiger partial charge in [-0.3, -0.25) is 9.59 Å². The molecule has 0 aromatic heterocycles. The Morgan fingerprint density at radius 1 is 0.455 bits per heavy atom. The number of hydrogen-bond donors (Lipinski definition) is 3. The second kappa shape index (κ2) is 53.5. The van der Waals surface area contributed by atoms with Crippen molar-refractivity contribution in [3.63, 3.8) is 0 Å². The van der Waals surface area contributed by atoms with Crippen molar-refractivity contribution >= 4 is 11.9 Å². The molecular formula is C60H109NO5. The number of aliphatic hydroxyl groups excluding tert-OH is 2. The van der Waals surface area contributed by atoms with Gasteiger partial charge in [-0.1, -0.05) is 261 Å². The Morgan fingerprint density at radius 3 is 1.23 bits per heavy atom. The lowest BCUT2D eigenvalue weighted by Crippen LogP contribution is -2.46. The Bertz CT molecular complexity index is 1170. The van der Waals surface area contributed by atoms with Crippen molar-refractivity contribution in [3.05, 3.63) is 60.8 Å². The minimum absolute atomic E-state index is 0.0656. The number of ether oxygens (including phenoxy) is 1. The van der Waals surface area contributed by atoms with E-state index in [4.69, 9.17) is 4.74 Å². The molecule has 0 aromatic carbocycles. The highest BCUT2D eigenvalue weighted by molar-refractivity contribution is 5.77. The number of esters is 1. The number of aliphatic hydroxyl groups is 2. The number of hydrogen-bond acceptors (Lipinski definition) is 5. The molecule has 3 atom stereocenters. The maximum atomic E-state index is 13.3. The topological polar surface area (TPSA) is 95.9 Å². The molecule has 66 heavy (non-hydrogen) atoms. The van der Waals surface area contributed by atoms with E-state index in [1.165, 1.54) is 148 Å². The van der Waals surface area contributed by atoms with Gasteiger partial charge in [-0.2, -0.15) is 0 Å². The van der Waals surface area contributed by atoms with Crippen LogP contribution in [0.5, 0.6) is 0 Å². The molecule has 0 saturated heterocycles. The van der Waals surface area contributed by atoms with Gasteiger partial charge in [0.15, 0.2) is 0 Å². The lowest BCUT2D eigenvalue weighted by atomic mass is 10.0. The molecule has 3 N–H and O–H groups in total. The Morgan fingerprint density at radius 2 is 0.818 bits per heavy atom. The van der Waals surface area contributed by atoms with Gasteiger partial charge >= 0.3 is 5.97 Å². The van der Waals surface area contributed by atoms with Crippen LogP contribution < -0.4 is 5.32 Å². The van der Waals surface area contributed by atoms with Crippen LogP contribution in [0.25, 0.3) is 0 Å². The molecule has 384 valence electrons. The van der Waals surface area contributed by atoms with Crippen LogP contribution in [0.3, 0.4) is 0 Å².